The molecule has 0 saturated carbocycles. The van der Waals surface area contributed by atoms with E-state index in [1.54, 1.807) is 0 Å². The molecule has 2 rings (SSSR count). The smallest absolute Gasteiger partial charge is 0.339 e. The third-order valence-corrected chi connectivity index (χ3v) is 4.45. The van der Waals surface area contributed by atoms with E-state index < -0.39 is 17.1 Å². The first kappa shape index (κ1) is 18.1. The molecule has 0 aliphatic rings. The van der Waals surface area contributed by atoms with E-state index in [0.717, 1.165) is 4.90 Å². The van der Waals surface area contributed by atoms with Crippen LogP contribution in [0.1, 0.15) is 10.4 Å². The third-order valence-electron chi connectivity index (χ3n) is 3.12. The molecule has 0 amide bonds. The minimum atomic E-state index is -1.20. The van der Waals surface area contributed by atoms with E-state index in [1.165, 1.54) is 18.2 Å². The molecule has 0 spiro atoms. The zero-order chi connectivity index (χ0) is 17.4. The Hall–Kier alpha value is -2.22. The molecule has 1 unspecified atom stereocenters. The second-order valence-electron chi connectivity index (χ2n) is 4.81. The number of carbonyl (C=O) groups is 1. The lowest BCUT2D eigenvalue weighted by atomic mass is 10.2. The maximum atomic E-state index is 11.9. The summed E-state index contributed by atoms with van der Waals surface area (Å²) in [5, 5.41) is 18.4. The van der Waals surface area contributed by atoms with Crippen LogP contribution in [-0.4, -0.2) is 46.3 Å². The van der Waals surface area contributed by atoms with E-state index in [1.807, 2.05) is 30.3 Å². The highest BCUT2D eigenvalue weighted by atomic mass is 32.2. The minimum absolute atomic E-state index is 0.179. The maximum absolute atomic E-state index is 11.9. The standard InChI is InChI=1S/C17H18O6S/c18-16-12-13(6-7-15(16)17(19)20)23-9-8-22-10-11-24(21)14-4-2-1-3-5-14/h1-7,12,18H,8-11H2,(H,19,20). The summed E-state index contributed by atoms with van der Waals surface area (Å²) in [6, 6.07) is 13.2. The Bertz CT molecular complexity index is 661. The Labute approximate surface area is 142 Å². The molecule has 2 aromatic carbocycles. The second kappa shape index (κ2) is 9.17. The number of carboxylic acid groups (broad SMARTS) is 1. The van der Waals surface area contributed by atoms with Crippen LogP contribution >= 0.6 is 0 Å². The highest BCUT2D eigenvalue weighted by Crippen LogP contribution is 2.23. The van der Waals surface area contributed by atoms with Gasteiger partial charge in [0.2, 0.25) is 0 Å². The lowest BCUT2D eigenvalue weighted by Crippen LogP contribution is -2.15. The summed E-state index contributed by atoms with van der Waals surface area (Å²) in [6.45, 7) is 0.880. The molecule has 0 aromatic heterocycles. The molecule has 128 valence electrons. The van der Waals surface area contributed by atoms with Crippen LogP contribution in [0.4, 0.5) is 0 Å². The van der Waals surface area contributed by atoms with E-state index in [9.17, 15) is 14.5 Å². The Morgan fingerprint density at radius 3 is 2.50 bits per heavy atom. The van der Waals surface area contributed by atoms with Gasteiger partial charge in [-0.25, -0.2) is 4.79 Å². The SMILES string of the molecule is O=C(O)c1ccc(OCCOCC[S+]([O-])c2ccccc2)cc1O. The van der Waals surface area contributed by atoms with Crippen molar-refractivity contribution in [1.29, 1.82) is 0 Å². The fraction of sp³-hybridized carbons (Fsp3) is 0.235. The second-order valence-corrected chi connectivity index (χ2v) is 6.38. The van der Waals surface area contributed by atoms with Crippen molar-refractivity contribution in [2.24, 2.45) is 0 Å². The van der Waals surface area contributed by atoms with Gasteiger partial charge in [-0.15, -0.1) is 0 Å². The van der Waals surface area contributed by atoms with Gasteiger partial charge in [0.25, 0.3) is 0 Å². The lowest BCUT2D eigenvalue weighted by molar-refractivity contribution is 0.0693. The number of ether oxygens (including phenoxy) is 2. The van der Waals surface area contributed by atoms with Crippen molar-refractivity contribution in [1.82, 2.24) is 0 Å². The first-order valence-corrected chi connectivity index (χ1v) is 8.60. The summed E-state index contributed by atoms with van der Waals surface area (Å²) in [4.78, 5) is 11.5. The number of aromatic carboxylic acids is 1. The number of hydrogen-bond acceptors (Lipinski definition) is 5. The first-order chi connectivity index (χ1) is 11.6. The molecule has 24 heavy (non-hydrogen) atoms. The van der Waals surface area contributed by atoms with Crippen LogP contribution < -0.4 is 4.74 Å². The largest absolute Gasteiger partial charge is 0.611 e. The van der Waals surface area contributed by atoms with Crippen molar-refractivity contribution in [3.05, 3.63) is 54.1 Å². The monoisotopic (exact) mass is 350 g/mol. The van der Waals surface area contributed by atoms with Crippen molar-refractivity contribution >= 4 is 17.1 Å². The summed E-state index contributed by atoms with van der Waals surface area (Å²) < 4.78 is 22.7. The zero-order valence-electron chi connectivity index (χ0n) is 12.9. The zero-order valence-corrected chi connectivity index (χ0v) is 13.7. The maximum Gasteiger partial charge on any atom is 0.339 e. The number of rotatable bonds is 9. The minimum Gasteiger partial charge on any atom is -0.611 e. The van der Waals surface area contributed by atoms with Gasteiger partial charge in [-0.1, -0.05) is 18.2 Å². The van der Waals surface area contributed by atoms with Crippen molar-refractivity contribution in [2.75, 3.05) is 25.6 Å². The molecule has 0 radical (unpaired) electrons. The van der Waals surface area contributed by atoms with Crippen LogP contribution in [0.25, 0.3) is 0 Å². The molecule has 2 aromatic rings. The van der Waals surface area contributed by atoms with Gasteiger partial charge in [0.05, 0.1) is 13.2 Å². The van der Waals surface area contributed by atoms with Gasteiger partial charge in [0, 0.05) is 6.07 Å². The number of benzene rings is 2. The molecule has 6 nitrogen and oxygen atoms in total. The normalized spacial score (nSPS) is 11.9. The summed E-state index contributed by atoms with van der Waals surface area (Å²) in [5.41, 5.74) is -0.179. The van der Waals surface area contributed by atoms with E-state index in [4.69, 9.17) is 14.6 Å². The van der Waals surface area contributed by atoms with Crippen molar-refractivity contribution < 1.29 is 29.0 Å². The molecule has 0 aliphatic carbocycles. The van der Waals surface area contributed by atoms with Crippen LogP contribution in [0, 0.1) is 0 Å². The summed E-state index contributed by atoms with van der Waals surface area (Å²) in [6.07, 6.45) is 0. The predicted octanol–water partition coefficient (Wildman–Crippen LogP) is 2.29. The van der Waals surface area contributed by atoms with E-state index in [-0.39, 0.29) is 17.9 Å². The van der Waals surface area contributed by atoms with Crippen molar-refractivity contribution in [2.45, 2.75) is 4.90 Å². The molecular formula is C17H18O6S. The van der Waals surface area contributed by atoms with E-state index in [2.05, 4.69) is 0 Å². The summed E-state index contributed by atoms with van der Waals surface area (Å²) in [5.74, 6) is -0.792. The predicted molar refractivity (Wildman–Crippen MR) is 89.1 cm³/mol. The highest BCUT2D eigenvalue weighted by molar-refractivity contribution is 7.91. The lowest BCUT2D eigenvalue weighted by Gasteiger charge is -2.11. The number of carboxylic acids is 1. The molecule has 0 fully saturated rings. The van der Waals surface area contributed by atoms with Crippen molar-refractivity contribution in [3.8, 4) is 11.5 Å². The Morgan fingerprint density at radius 1 is 1.08 bits per heavy atom. The van der Waals surface area contributed by atoms with Gasteiger partial charge in [-0.05, 0) is 35.4 Å². The fourth-order valence-electron chi connectivity index (χ4n) is 1.93. The summed E-state index contributed by atoms with van der Waals surface area (Å²) in [7, 11) is 0. The van der Waals surface area contributed by atoms with Gasteiger partial charge < -0.3 is 24.2 Å². The molecule has 0 saturated heterocycles. The van der Waals surface area contributed by atoms with Gasteiger partial charge in [0.15, 0.2) is 4.90 Å². The van der Waals surface area contributed by atoms with Crippen molar-refractivity contribution in [3.63, 3.8) is 0 Å². The van der Waals surface area contributed by atoms with Crippen LogP contribution in [0.5, 0.6) is 11.5 Å². The first-order valence-electron chi connectivity index (χ1n) is 7.28. The fourth-order valence-corrected chi connectivity index (χ4v) is 2.89. The topological polar surface area (TPSA) is 99.1 Å². The molecule has 2 N–H and O–H groups in total. The quantitative estimate of drug-likeness (QED) is 0.532. The number of aromatic hydroxyl groups is 1. The van der Waals surface area contributed by atoms with Gasteiger partial charge in [-0.2, -0.15) is 0 Å². The third kappa shape index (κ3) is 5.45. The number of hydrogen-bond donors (Lipinski definition) is 2. The average molecular weight is 350 g/mol. The molecule has 7 heteroatoms. The van der Waals surface area contributed by atoms with E-state index >= 15 is 0 Å². The molecule has 0 heterocycles. The van der Waals surface area contributed by atoms with Gasteiger partial charge in [0.1, 0.15) is 29.4 Å². The van der Waals surface area contributed by atoms with E-state index in [0.29, 0.717) is 24.7 Å². The number of phenols is 1. The highest BCUT2D eigenvalue weighted by Gasteiger charge is 2.11. The van der Waals surface area contributed by atoms with Gasteiger partial charge in [-0.3, -0.25) is 0 Å². The van der Waals surface area contributed by atoms with Gasteiger partial charge >= 0.3 is 5.97 Å². The average Bonchev–Trinajstić information content (AvgIpc) is 2.58. The van der Waals surface area contributed by atoms with Crippen LogP contribution in [0.3, 0.4) is 0 Å². The molecular weight excluding hydrogens is 332 g/mol. The Kier molecular flexibility index (Phi) is 6.92. The Morgan fingerprint density at radius 2 is 1.83 bits per heavy atom. The molecule has 0 bridgehead atoms. The molecule has 0 aliphatic heterocycles. The Balaban J connectivity index is 1.65. The van der Waals surface area contributed by atoms with Crippen LogP contribution in [-0.2, 0) is 15.9 Å². The van der Waals surface area contributed by atoms with Crippen LogP contribution in [0.2, 0.25) is 0 Å². The summed E-state index contributed by atoms with van der Waals surface area (Å²) >= 11 is -1.09. The van der Waals surface area contributed by atoms with Crippen LogP contribution in [0.15, 0.2) is 53.4 Å². The molecule has 1 atom stereocenters.